The molecule has 1 amide bonds. The lowest BCUT2D eigenvalue weighted by atomic mass is 10.3. The third-order valence-corrected chi connectivity index (χ3v) is 5.57. The van der Waals surface area contributed by atoms with Gasteiger partial charge in [-0.1, -0.05) is 53.2 Å². The number of halogens is 2. The minimum Gasteiger partial charge on any atom is -0.324 e. The Bertz CT molecular complexity index is 910. The van der Waals surface area contributed by atoms with Crippen LogP contribution in [0.25, 0.3) is 11.0 Å². The average molecular weight is 380 g/mol. The molecule has 0 aliphatic heterocycles. The van der Waals surface area contributed by atoms with E-state index in [1.807, 2.05) is 42.8 Å². The molecule has 1 aromatic heterocycles. The Morgan fingerprint density at radius 1 is 1.21 bits per heavy atom. The second-order valence-electron chi connectivity index (χ2n) is 5.29. The molecule has 0 fully saturated rings. The van der Waals surface area contributed by atoms with E-state index in [0.717, 1.165) is 16.2 Å². The molecule has 2 aromatic carbocycles. The largest absolute Gasteiger partial charge is 0.324 e. The van der Waals surface area contributed by atoms with Crippen molar-refractivity contribution in [1.82, 2.24) is 9.55 Å². The summed E-state index contributed by atoms with van der Waals surface area (Å²) >= 11 is 13.5. The number of rotatable bonds is 4. The van der Waals surface area contributed by atoms with Crippen LogP contribution in [0.4, 0.5) is 5.69 Å². The zero-order valence-corrected chi connectivity index (χ0v) is 15.4. The lowest BCUT2D eigenvalue weighted by Gasteiger charge is -2.13. The minimum atomic E-state index is -0.337. The van der Waals surface area contributed by atoms with Gasteiger partial charge in [0.1, 0.15) is 0 Å². The number of carbonyl (C=O) groups is 1. The third-order valence-electron chi connectivity index (χ3n) is 3.61. The van der Waals surface area contributed by atoms with Gasteiger partial charge in [-0.3, -0.25) is 4.79 Å². The summed E-state index contributed by atoms with van der Waals surface area (Å²) < 4.78 is 1.98. The standard InChI is InChI=1S/C17H15Cl2N3OS/c1-10(16(23)20-13-8-5-6-11(18)15(13)19)24-17-21-12-7-3-4-9-14(12)22(17)2/h3-10H,1-2H3,(H,20,23)/t10-/m1/s1. The first-order chi connectivity index (χ1) is 11.5. The van der Waals surface area contributed by atoms with Crippen molar-refractivity contribution in [2.75, 3.05) is 5.32 Å². The van der Waals surface area contributed by atoms with Crippen LogP contribution < -0.4 is 5.32 Å². The Morgan fingerprint density at radius 3 is 2.71 bits per heavy atom. The van der Waals surface area contributed by atoms with Gasteiger partial charge in [-0.25, -0.2) is 4.98 Å². The minimum absolute atomic E-state index is 0.156. The van der Waals surface area contributed by atoms with E-state index in [9.17, 15) is 4.79 Å². The lowest BCUT2D eigenvalue weighted by Crippen LogP contribution is -2.23. The molecule has 0 saturated carbocycles. The topological polar surface area (TPSA) is 46.9 Å². The van der Waals surface area contributed by atoms with Crippen LogP contribution in [0.1, 0.15) is 6.92 Å². The molecule has 0 radical (unpaired) electrons. The third kappa shape index (κ3) is 3.38. The number of hydrogen-bond donors (Lipinski definition) is 1. The van der Waals surface area contributed by atoms with Crippen molar-refractivity contribution in [2.45, 2.75) is 17.3 Å². The Labute approximate surface area is 154 Å². The van der Waals surface area contributed by atoms with Gasteiger partial charge in [0.2, 0.25) is 5.91 Å². The molecule has 0 unspecified atom stereocenters. The van der Waals surface area contributed by atoms with Crippen molar-refractivity contribution in [1.29, 1.82) is 0 Å². The fourth-order valence-corrected chi connectivity index (χ4v) is 3.51. The summed E-state index contributed by atoms with van der Waals surface area (Å²) in [5.74, 6) is -0.156. The van der Waals surface area contributed by atoms with Crippen LogP contribution in [-0.2, 0) is 11.8 Å². The molecule has 0 aliphatic carbocycles. The number of amides is 1. The number of carbonyl (C=O) groups excluding carboxylic acids is 1. The summed E-state index contributed by atoms with van der Waals surface area (Å²) in [4.78, 5) is 17.0. The summed E-state index contributed by atoms with van der Waals surface area (Å²) in [6, 6.07) is 13.0. The molecule has 3 aromatic rings. The first-order valence-corrected chi connectivity index (χ1v) is 8.94. The number of para-hydroxylation sites is 2. The van der Waals surface area contributed by atoms with Crippen LogP contribution in [0.3, 0.4) is 0 Å². The van der Waals surface area contributed by atoms with Gasteiger partial charge in [0.15, 0.2) is 5.16 Å². The number of anilines is 1. The highest BCUT2D eigenvalue weighted by molar-refractivity contribution is 8.00. The highest BCUT2D eigenvalue weighted by Crippen LogP contribution is 2.31. The normalized spacial score (nSPS) is 12.3. The molecular formula is C17H15Cl2N3OS. The molecule has 0 aliphatic rings. The molecule has 1 N–H and O–H groups in total. The highest BCUT2D eigenvalue weighted by Gasteiger charge is 2.19. The van der Waals surface area contributed by atoms with E-state index < -0.39 is 0 Å². The number of imidazole rings is 1. The van der Waals surface area contributed by atoms with E-state index >= 15 is 0 Å². The van der Waals surface area contributed by atoms with Crippen LogP contribution in [-0.4, -0.2) is 20.7 Å². The first kappa shape index (κ1) is 17.1. The average Bonchev–Trinajstić information content (AvgIpc) is 2.88. The monoisotopic (exact) mass is 379 g/mol. The van der Waals surface area contributed by atoms with Crippen LogP contribution in [0.15, 0.2) is 47.6 Å². The van der Waals surface area contributed by atoms with Gasteiger partial charge in [-0.15, -0.1) is 0 Å². The van der Waals surface area contributed by atoms with Crippen molar-refractivity contribution >= 4 is 57.6 Å². The fourth-order valence-electron chi connectivity index (χ4n) is 2.28. The van der Waals surface area contributed by atoms with Gasteiger partial charge < -0.3 is 9.88 Å². The van der Waals surface area contributed by atoms with E-state index in [0.29, 0.717) is 15.7 Å². The number of nitrogens with one attached hydrogen (secondary N) is 1. The van der Waals surface area contributed by atoms with Gasteiger partial charge in [0.25, 0.3) is 0 Å². The van der Waals surface area contributed by atoms with Gasteiger partial charge >= 0.3 is 0 Å². The molecule has 124 valence electrons. The van der Waals surface area contributed by atoms with Crippen LogP contribution in [0, 0.1) is 0 Å². The van der Waals surface area contributed by atoms with Crippen LogP contribution in [0.2, 0.25) is 10.0 Å². The smallest absolute Gasteiger partial charge is 0.237 e. The number of aryl methyl sites for hydroxylation is 1. The van der Waals surface area contributed by atoms with E-state index in [2.05, 4.69) is 10.3 Å². The molecule has 4 nitrogen and oxygen atoms in total. The number of benzene rings is 2. The van der Waals surface area contributed by atoms with Crippen molar-refractivity contribution in [3.63, 3.8) is 0 Å². The van der Waals surface area contributed by atoms with Gasteiger partial charge in [-0.2, -0.15) is 0 Å². The quantitative estimate of drug-likeness (QED) is 0.648. The molecule has 0 saturated heterocycles. The molecule has 1 heterocycles. The second kappa shape index (κ2) is 7.05. The lowest BCUT2D eigenvalue weighted by molar-refractivity contribution is -0.115. The van der Waals surface area contributed by atoms with Crippen molar-refractivity contribution in [3.8, 4) is 0 Å². The Balaban J connectivity index is 1.76. The first-order valence-electron chi connectivity index (χ1n) is 7.30. The van der Waals surface area contributed by atoms with Crippen molar-refractivity contribution < 1.29 is 4.79 Å². The summed E-state index contributed by atoms with van der Waals surface area (Å²) in [6.07, 6.45) is 0. The zero-order valence-electron chi connectivity index (χ0n) is 13.1. The van der Waals surface area contributed by atoms with E-state index in [1.54, 1.807) is 18.2 Å². The summed E-state index contributed by atoms with van der Waals surface area (Å²) in [5.41, 5.74) is 2.45. The number of fused-ring (bicyclic) bond motifs is 1. The molecule has 0 spiro atoms. The van der Waals surface area contributed by atoms with E-state index in [4.69, 9.17) is 23.2 Å². The number of hydrogen-bond acceptors (Lipinski definition) is 3. The maximum absolute atomic E-state index is 12.4. The molecule has 3 rings (SSSR count). The summed E-state index contributed by atoms with van der Waals surface area (Å²) in [7, 11) is 1.94. The van der Waals surface area contributed by atoms with Gasteiger partial charge in [-0.05, 0) is 31.2 Å². The zero-order chi connectivity index (χ0) is 17.3. The number of thioether (sulfide) groups is 1. The summed E-state index contributed by atoms with van der Waals surface area (Å²) in [5, 5.41) is 4.01. The molecular weight excluding hydrogens is 365 g/mol. The van der Waals surface area contributed by atoms with E-state index in [-0.39, 0.29) is 11.2 Å². The summed E-state index contributed by atoms with van der Waals surface area (Å²) in [6.45, 7) is 1.83. The van der Waals surface area contributed by atoms with Gasteiger partial charge in [0, 0.05) is 7.05 Å². The maximum Gasteiger partial charge on any atom is 0.237 e. The molecule has 7 heteroatoms. The van der Waals surface area contributed by atoms with Crippen molar-refractivity contribution in [2.24, 2.45) is 7.05 Å². The fraction of sp³-hybridized carbons (Fsp3) is 0.176. The molecule has 0 bridgehead atoms. The van der Waals surface area contributed by atoms with Crippen molar-refractivity contribution in [3.05, 3.63) is 52.5 Å². The predicted molar refractivity (Wildman–Crippen MR) is 101 cm³/mol. The second-order valence-corrected chi connectivity index (χ2v) is 7.39. The predicted octanol–water partition coefficient (Wildman–Crippen LogP) is 5.00. The SMILES string of the molecule is C[C@@H](Sc1nc2ccccc2n1C)C(=O)Nc1cccc(Cl)c1Cl. The Morgan fingerprint density at radius 2 is 1.96 bits per heavy atom. The number of aromatic nitrogens is 2. The molecule has 24 heavy (non-hydrogen) atoms. The Hall–Kier alpha value is -1.69. The number of nitrogens with zero attached hydrogens (tertiary/aromatic N) is 2. The Kier molecular flexibility index (Phi) is 5.04. The van der Waals surface area contributed by atoms with Gasteiger partial charge in [0.05, 0.1) is 32.0 Å². The maximum atomic E-state index is 12.4. The highest BCUT2D eigenvalue weighted by atomic mass is 35.5. The molecule has 1 atom stereocenters. The van der Waals surface area contributed by atoms with Crippen LogP contribution >= 0.6 is 35.0 Å². The van der Waals surface area contributed by atoms with E-state index in [1.165, 1.54) is 11.8 Å². The van der Waals surface area contributed by atoms with Crippen LogP contribution in [0.5, 0.6) is 0 Å².